The highest BCUT2D eigenvalue weighted by Crippen LogP contribution is 2.26. The largest absolute Gasteiger partial charge is 0.273 e. The molecule has 0 saturated heterocycles. The quantitative estimate of drug-likeness (QED) is 0.336. The summed E-state index contributed by atoms with van der Waals surface area (Å²) in [7, 11) is 0. The highest BCUT2D eigenvalue weighted by Gasteiger charge is 2.22. The van der Waals surface area contributed by atoms with Crippen LogP contribution in [0.4, 0.5) is 5.69 Å². The molecule has 3 unspecified atom stereocenters. The summed E-state index contributed by atoms with van der Waals surface area (Å²) < 4.78 is 0. The highest BCUT2D eigenvalue weighted by atomic mass is 16.2. The summed E-state index contributed by atoms with van der Waals surface area (Å²) in [5.41, 5.74) is 1.85. The van der Waals surface area contributed by atoms with Gasteiger partial charge in [0.05, 0.1) is 5.69 Å². The van der Waals surface area contributed by atoms with E-state index in [-0.39, 0.29) is 5.91 Å². The Labute approximate surface area is 135 Å². The van der Waals surface area contributed by atoms with Gasteiger partial charge in [-0.3, -0.25) is 4.79 Å². The van der Waals surface area contributed by atoms with Gasteiger partial charge in [-0.25, -0.2) is 10.9 Å². The number of carbonyl (C=O) groups excluding carboxylic acids is 1. The van der Waals surface area contributed by atoms with Crippen molar-refractivity contribution in [2.75, 3.05) is 5.01 Å². The predicted octanol–water partition coefficient (Wildman–Crippen LogP) is 4.33. The lowest BCUT2D eigenvalue weighted by Gasteiger charge is -2.26. The van der Waals surface area contributed by atoms with Crippen LogP contribution in [0.5, 0.6) is 0 Å². The lowest BCUT2D eigenvalue weighted by atomic mass is 9.82. The zero-order valence-corrected chi connectivity index (χ0v) is 14.4. The van der Waals surface area contributed by atoms with Gasteiger partial charge in [0, 0.05) is 6.42 Å². The van der Waals surface area contributed by atoms with E-state index in [1.807, 2.05) is 30.3 Å². The van der Waals surface area contributed by atoms with Crippen LogP contribution in [-0.4, -0.2) is 5.91 Å². The summed E-state index contributed by atoms with van der Waals surface area (Å²) in [6, 6.07) is 7.75. The van der Waals surface area contributed by atoms with Crippen molar-refractivity contribution in [3.05, 3.63) is 42.5 Å². The molecule has 3 nitrogen and oxygen atoms in total. The predicted molar refractivity (Wildman–Crippen MR) is 94.4 cm³/mol. The Hall–Kier alpha value is -1.61. The van der Waals surface area contributed by atoms with Gasteiger partial charge < -0.3 is 0 Å². The molecule has 0 heterocycles. The molecule has 1 amide bonds. The molecule has 3 heteroatoms. The van der Waals surface area contributed by atoms with Crippen molar-refractivity contribution in [1.82, 2.24) is 0 Å². The van der Waals surface area contributed by atoms with Crippen LogP contribution >= 0.6 is 0 Å². The Morgan fingerprint density at radius 1 is 1.32 bits per heavy atom. The highest BCUT2D eigenvalue weighted by molar-refractivity contribution is 5.92. The van der Waals surface area contributed by atoms with Gasteiger partial charge in [-0.05, 0) is 41.9 Å². The van der Waals surface area contributed by atoms with Gasteiger partial charge in [-0.15, -0.1) is 6.58 Å². The van der Waals surface area contributed by atoms with Gasteiger partial charge in [0.25, 0.3) is 0 Å². The van der Waals surface area contributed by atoms with Gasteiger partial charge >= 0.3 is 0 Å². The molecule has 0 aliphatic heterocycles. The van der Waals surface area contributed by atoms with E-state index in [2.05, 4.69) is 34.3 Å². The number of amides is 1. The average Bonchev–Trinajstić information content (AvgIpc) is 2.53. The summed E-state index contributed by atoms with van der Waals surface area (Å²) in [6.07, 6.45) is 4.23. The van der Waals surface area contributed by atoms with Gasteiger partial charge in [0.1, 0.15) is 0 Å². The molecule has 122 valence electrons. The lowest BCUT2D eigenvalue weighted by molar-refractivity contribution is -0.119. The van der Waals surface area contributed by atoms with Crippen LogP contribution in [0.15, 0.2) is 36.9 Å². The molecule has 0 saturated carbocycles. The first-order valence-corrected chi connectivity index (χ1v) is 8.18. The Morgan fingerprint density at radius 2 is 2.00 bits per heavy atom. The first kappa shape index (κ1) is 18.4. The first-order valence-electron chi connectivity index (χ1n) is 8.18. The van der Waals surface area contributed by atoms with E-state index in [0.29, 0.717) is 24.2 Å². The summed E-state index contributed by atoms with van der Waals surface area (Å²) in [4.78, 5) is 12.4. The molecule has 3 atom stereocenters. The monoisotopic (exact) mass is 302 g/mol. The minimum Gasteiger partial charge on any atom is -0.273 e. The number of hydrogen-bond donors (Lipinski definition) is 1. The molecular weight excluding hydrogens is 272 g/mol. The van der Waals surface area contributed by atoms with Gasteiger partial charge in [0.15, 0.2) is 0 Å². The topological polar surface area (TPSA) is 46.3 Å². The fraction of sp³-hybridized carbons (Fsp3) is 0.526. The maximum absolute atomic E-state index is 12.4. The van der Waals surface area contributed by atoms with E-state index in [1.165, 1.54) is 5.01 Å². The summed E-state index contributed by atoms with van der Waals surface area (Å²) in [5, 5.41) is 1.28. The minimum atomic E-state index is -0.0293. The van der Waals surface area contributed by atoms with Gasteiger partial charge in [-0.2, -0.15) is 0 Å². The molecule has 1 rings (SSSR count). The SMILES string of the molecule is C=CCc1cccc(N(N)C(=O)CC(C)C(C)C(C)CC)c1. The zero-order chi connectivity index (χ0) is 16.7. The first-order chi connectivity index (χ1) is 10.4. The second kappa shape index (κ2) is 8.74. The molecule has 1 aromatic carbocycles. The maximum Gasteiger partial charge on any atom is 0.241 e. The third-order valence-corrected chi connectivity index (χ3v) is 4.77. The number of carbonyl (C=O) groups is 1. The number of hydrazine groups is 1. The molecule has 0 aliphatic rings. The molecule has 0 aliphatic carbocycles. The van der Waals surface area contributed by atoms with E-state index in [0.717, 1.165) is 24.1 Å². The molecule has 22 heavy (non-hydrogen) atoms. The minimum absolute atomic E-state index is 0.0293. The lowest BCUT2D eigenvalue weighted by Crippen LogP contribution is -2.39. The molecule has 0 spiro atoms. The third kappa shape index (κ3) is 4.99. The number of anilines is 1. The molecule has 0 fully saturated rings. The molecule has 2 N–H and O–H groups in total. The van der Waals surface area contributed by atoms with E-state index in [9.17, 15) is 4.79 Å². The smallest absolute Gasteiger partial charge is 0.241 e. The van der Waals surface area contributed by atoms with Crippen LogP contribution in [0.2, 0.25) is 0 Å². The number of nitrogens with zero attached hydrogens (tertiary/aromatic N) is 1. The van der Waals surface area contributed by atoms with Crippen molar-refractivity contribution >= 4 is 11.6 Å². The number of hydrogen-bond acceptors (Lipinski definition) is 2. The number of benzene rings is 1. The van der Waals surface area contributed by atoms with Crippen molar-refractivity contribution in [2.24, 2.45) is 23.6 Å². The van der Waals surface area contributed by atoms with Crippen LogP contribution in [0.25, 0.3) is 0 Å². The van der Waals surface area contributed by atoms with Crippen LogP contribution in [-0.2, 0) is 11.2 Å². The van der Waals surface area contributed by atoms with Crippen molar-refractivity contribution < 1.29 is 4.79 Å². The summed E-state index contributed by atoms with van der Waals surface area (Å²) >= 11 is 0. The maximum atomic E-state index is 12.4. The summed E-state index contributed by atoms with van der Waals surface area (Å²) in [5.74, 6) is 7.44. The van der Waals surface area contributed by atoms with Crippen molar-refractivity contribution in [3.63, 3.8) is 0 Å². The van der Waals surface area contributed by atoms with Crippen LogP contribution in [0, 0.1) is 17.8 Å². The van der Waals surface area contributed by atoms with Crippen LogP contribution in [0.1, 0.15) is 46.1 Å². The van der Waals surface area contributed by atoms with E-state index < -0.39 is 0 Å². The van der Waals surface area contributed by atoms with Crippen molar-refractivity contribution in [1.29, 1.82) is 0 Å². The van der Waals surface area contributed by atoms with Gasteiger partial charge in [-0.1, -0.05) is 52.3 Å². The van der Waals surface area contributed by atoms with E-state index in [4.69, 9.17) is 5.84 Å². The summed E-state index contributed by atoms with van der Waals surface area (Å²) in [6.45, 7) is 12.5. The molecule has 0 bridgehead atoms. The third-order valence-electron chi connectivity index (χ3n) is 4.77. The Balaban J connectivity index is 2.72. The second-order valence-electron chi connectivity index (χ2n) is 6.35. The fourth-order valence-corrected chi connectivity index (χ4v) is 2.64. The average molecular weight is 302 g/mol. The van der Waals surface area contributed by atoms with E-state index in [1.54, 1.807) is 0 Å². The molecule has 0 radical (unpaired) electrons. The second-order valence-corrected chi connectivity index (χ2v) is 6.35. The van der Waals surface area contributed by atoms with Crippen LogP contribution in [0.3, 0.4) is 0 Å². The van der Waals surface area contributed by atoms with Crippen molar-refractivity contribution in [3.8, 4) is 0 Å². The molecule has 1 aromatic rings. The van der Waals surface area contributed by atoms with Crippen LogP contribution < -0.4 is 10.9 Å². The Morgan fingerprint density at radius 3 is 2.59 bits per heavy atom. The standard InChI is InChI=1S/C19H30N2O/c1-6-9-17-10-8-11-18(13-17)21(20)19(22)12-15(4)16(5)14(3)7-2/h6,8,10-11,13-16H,1,7,9,12,20H2,2-5H3. The van der Waals surface area contributed by atoms with Crippen molar-refractivity contribution in [2.45, 2.75) is 47.0 Å². The van der Waals surface area contributed by atoms with Gasteiger partial charge in [0.2, 0.25) is 5.91 Å². The molecule has 0 aromatic heterocycles. The molecular formula is C19H30N2O. The normalized spacial score (nSPS) is 15.0. The Bertz CT molecular complexity index is 498. The number of nitrogens with two attached hydrogens (primary N) is 1. The Kier molecular flexibility index (Phi) is 7.33. The van der Waals surface area contributed by atoms with E-state index >= 15 is 0 Å². The number of rotatable bonds is 8. The fourth-order valence-electron chi connectivity index (χ4n) is 2.64. The zero-order valence-electron chi connectivity index (χ0n) is 14.4. The number of allylic oxidation sites excluding steroid dienone is 1.